The molecule has 1 N–H and O–H groups in total. The number of rotatable bonds is 9. The lowest BCUT2D eigenvalue weighted by atomic mass is 10.0. The van der Waals surface area contributed by atoms with Crippen LogP contribution in [0.5, 0.6) is 34.5 Å². The fourth-order valence-corrected chi connectivity index (χ4v) is 4.00. The van der Waals surface area contributed by atoms with E-state index in [0.717, 1.165) is 0 Å². The largest absolute Gasteiger partial charge is 0.507 e. The second kappa shape index (κ2) is 16.3. The normalized spacial score (nSPS) is 13.0. The Hall–Kier alpha value is -4.41. The quantitative estimate of drug-likeness (QED) is 0.267. The smallest absolute Gasteiger partial charge is 0.379 e. The molecule has 0 atom stereocenters. The molecule has 2 aromatic rings. The van der Waals surface area contributed by atoms with Crippen molar-refractivity contribution in [3.8, 4) is 34.5 Å². The van der Waals surface area contributed by atoms with E-state index in [4.69, 9.17) is 28.4 Å². The first-order valence-corrected chi connectivity index (χ1v) is 13.2. The zero-order valence-corrected chi connectivity index (χ0v) is 24.3. The lowest BCUT2D eigenvalue weighted by molar-refractivity contribution is -0.152. The molecule has 0 aromatic heterocycles. The van der Waals surface area contributed by atoms with Crippen molar-refractivity contribution in [2.45, 2.75) is 68.1 Å². The molecule has 0 aliphatic carbocycles. The van der Waals surface area contributed by atoms with Gasteiger partial charge in [-0.3, -0.25) is 9.59 Å². The van der Waals surface area contributed by atoms with E-state index in [-0.39, 0.29) is 63.0 Å². The summed E-state index contributed by atoms with van der Waals surface area (Å²) >= 11 is 0. The summed E-state index contributed by atoms with van der Waals surface area (Å²) < 4.78 is 37.3. The van der Waals surface area contributed by atoms with Crippen molar-refractivity contribution in [1.82, 2.24) is 0 Å². The number of hydrogen-bond donors (Lipinski definition) is 1. The van der Waals surface area contributed by atoms with Crippen LogP contribution in [0.25, 0.3) is 5.76 Å². The van der Waals surface area contributed by atoms with Gasteiger partial charge in [0.1, 0.15) is 23.9 Å². The Morgan fingerprint density at radius 1 is 0.837 bits per heavy atom. The molecule has 11 heteroatoms. The van der Waals surface area contributed by atoms with E-state index in [1.807, 2.05) is 27.7 Å². The van der Waals surface area contributed by atoms with E-state index in [1.54, 1.807) is 32.2 Å². The number of aliphatic hydroxyl groups is 1. The van der Waals surface area contributed by atoms with Gasteiger partial charge in [-0.15, -0.1) is 0 Å². The number of esters is 1. The number of benzene rings is 2. The van der Waals surface area contributed by atoms with Gasteiger partial charge in [-0.05, 0) is 46.8 Å². The zero-order chi connectivity index (χ0) is 30.3. The maximum absolute atomic E-state index is 12.1. The third kappa shape index (κ3) is 8.79. The molecule has 11 nitrogen and oxygen atoms in total. The van der Waals surface area contributed by atoms with Crippen molar-refractivity contribution in [1.29, 1.82) is 0 Å². The monoisotopic (exact) mass is 604 g/mol. The maximum atomic E-state index is 12.1. The Bertz CT molecular complexity index is 1330. The average molecular weight is 605 g/mol. The number of carbonyl (C=O) groups is 3. The van der Waals surface area contributed by atoms with Crippen molar-refractivity contribution >= 4 is 23.3 Å². The second-order valence-electron chi connectivity index (χ2n) is 9.52. The lowest BCUT2D eigenvalue weighted by Gasteiger charge is -2.22. The SMILES string of the molecule is C.C.CCOC(=O)C(=O)C1=C(O)c2cc(OC(C)C)c(OC)cc2OC1.COc1cc2c(cc1OC(C)C)C(=O)CCO2. The Balaban J connectivity index is 0.000000432. The Morgan fingerprint density at radius 2 is 1.35 bits per heavy atom. The minimum atomic E-state index is -1.03. The number of ether oxygens (including phenoxy) is 7. The summed E-state index contributed by atoms with van der Waals surface area (Å²) in [5.74, 6) is 0.720. The number of methoxy groups -OCH3 is 2. The second-order valence-corrected chi connectivity index (χ2v) is 9.52. The van der Waals surface area contributed by atoms with Crippen LogP contribution in [0.1, 0.15) is 71.8 Å². The molecule has 0 unspecified atom stereocenters. The van der Waals surface area contributed by atoms with Crippen molar-refractivity contribution in [2.75, 3.05) is 34.0 Å². The van der Waals surface area contributed by atoms with E-state index >= 15 is 0 Å². The van der Waals surface area contributed by atoms with Crippen LogP contribution >= 0.6 is 0 Å². The number of hydrogen-bond acceptors (Lipinski definition) is 11. The van der Waals surface area contributed by atoms with Crippen molar-refractivity contribution in [2.24, 2.45) is 0 Å². The predicted octanol–water partition coefficient (Wildman–Crippen LogP) is 6.00. The molecule has 0 amide bonds. The van der Waals surface area contributed by atoms with Gasteiger partial charge in [-0.1, -0.05) is 14.9 Å². The minimum Gasteiger partial charge on any atom is -0.507 e. The molecule has 0 saturated carbocycles. The molecule has 0 radical (unpaired) electrons. The van der Waals surface area contributed by atoms with Crippen molar-refractivity contribution in [3.05, 3.63) is 41.0 Å². The Labute approximate surface area is 253 Å². The summed E-state index contributed by atoms with van der Waals surface area (Å²) in [7, 11) is 3.06. The molecular formula is C32H44O11. The van der Waals surface area contributed by atoms with Crippen LogP contribution in [0.15, 0.2) is 29.8 Å². The van der Waals surface area contributed by atoms with Crippen LogP contribution in [-0.2, 0) is 14.3 Å². The van der Waals surface area contributed by atoms with E-state index < -0.39 is 11.8 Å². The van der Waals surface area contributed by atoms with Gasteiger partial charge >= 0.3 is 5.97 Å². The van der Waals surface area contributed by atoms with Crippen molar-refractivity contribution < 1.29 is 52.6 Å². The number of carbonyl (C=O) groups excluding carboxylic acids is 3. The third-order valence-corrected chi connectivity index (χ3v) is 5.79. The zero-order valence-electron chi connectivity index (χ0n) is 24.3. The van der Waals surface area contributed by atoms with Gasteiger partial charge in [0.05, 0.1) is 56.3 Å². The summed E-state index contributed by atoms with van der Waals surface area (Å²) in [5.41, 5.74) is 0.680. The highest BCUT2D eigenvalue weighted by Gasteiger charge is 2.31. The molecular weight excluding hydrogens is 560 g/mol. The van der Waals surface area contributed by atoms with Gasteiger partial charge in [0.25, 0.3) is 5.78 Å². The molecule has 2 aliphatic rings. The summed E-state index contributed by atoms with van der Waals surface area (Å²) in [6.07, 6.45) is 0.329. The highest BCUT2D eigenvalue weighted by molar-refractivity contribution is 6.42. The fraction of sp³-hybridized carbons (Fsp3) is 0.469. The lowest BCUT2D eigenvalue weighted by Crippen LogP contribution is -2.26. The van der Waals surface area contributed by atoms with E-state index in [0.29, 0.717) is 53.1 Å². The Morgan fingerprint density at radius 3 is 1.84 bits per heavy atom. The standard InChI is InChI=1S/C17H20O7.C13H16O4.2CH4/c1-5-22-17(20)16(19)11-8-23-12-7-13(21-4)14(24-9(2)3)6-10(12)15(11)18;1-8(2)17-13-6-9-10(14)4-5-16-11(9)7-12(13)15-3;;/h6-7,9,18H,5,8H2,1-4H3;6-8H,4-5H2,1-3H3;2*1H4. The summed E-state index contributed by atoms with van der Waals surface area (Å²) in [6, 6.07) is 6.50. The maximum Gasteiger partial charge on any atom is 0.379 e. The van der Waals surface area contributed by atoms with Crippen LogP contribution in [0.2, 0.25) is 0 Å². The number of Topliss-reactive ketones (excluding diaryl/α,β-unsaturated/α-hetero) is 2. The highest BCUT2D eigenvalue weighted by atomic mass is 16.5. The topological polar surface area (TPSA) is 136 Å². The van der Waals surface area contributed by atoms with Crippen LogP contribution in [0, 0.1) is 0 Å². The molecule has 0 bridgehead atoms. The average Bonchev–Trinajstić information content (AvgIpc) is 2.93. The van der Waals surface area contributed by atoms with Crippen LogP contribution < -0.4 is 28.4 Å². The van der Waals surface area contributed by atoms with Crippen LogP contribution in [-0.4, -0.2) is 68.9 Å². The highest BCUT2D eigenvalue weighted by Crippen LogP contribution is 2.41. The molecule has 0 fully saturated rings. The van der Waals surface area contributed by atoms with E-state index in [1.165, 1.54) is 13.2 Å². The first kappa shape index (κ1) is 36.6. The summed E-state index contributed by atoms with van der Waals surface area (Å²) in [6.45, 7) is 9.41. The molecule has 0 spiro atoms. The number of fused-ring (bicyclic) bond motifs is 2. The van der Waals surface area contributed by atoms with Crippen LogP contribution in [0.4, 0.5) is 0 Å². The molecule has 2 aliphatic heterocycles. The number of aliphatic hydroxyl groups excluding tert-OH is 1. The molecule has 0 saturated heterocycles. The number of ketones is 2. The third-order valence-electron chi connectivity index (χ3n) is 5.79. The van der Waals surface area contributed by atoms with E-state index in [9.17, 15) is 19.5 Å². The summed E-state index contributed by atoms with van der Waals surface area (Å²) in [4.78, 5) is 35.4. The van der Waals surface area contributed by atoms with Gasteiger partial charge in [0, 0.05) is 18.6 Å². The van der Waals surface area contributed by atoms with Gasteiger partial charge in [0.2, 0.25) is 0 Å². The van der Waals surface area contributed by atoms with Gasteiger partial charge in [-0.2, -0.15) is 0 Å². The molecule has 238 valence electrons. The fourth-order valence-electron chi connectivity index (χ4n) is 4.00. The molecule has 2 aromatic carbocycles. The van der Waals surface area contributed by atoms with Crippen molar-refractivity contribution in [3.63, 3.8) is 0 Å². The molecule has 2 heterocycles. The van der Waals surface area contributed by atoms with Crippen LogP contribution in [0.3, 0.4) is 0 Å². The van der Waals surface area contributed by atoms with E-state index in [2.05, 4.69) is 4.74 Å². The molecule has 4 rings (SSSR count). The summed E-state index contributed by atoms with van der Waals surface area (Å²) in [5, 5.41) is 10.4. The predicted molar refractivity (Wildman–Crippen MR) is 162 cm³/mol. The van der Waals surface area contributed by atoms with Gasteiger partial charge in [0.15, 0.2) is 28.8 Å². The Kier molecular flexibility index (Phi) is 13.9. The van der Waals surface area contributed by atoms with Gasteiger partial charge < -0.3 is 38.3 Å². The first-order valence-electron chi connectivity index (χ1n) is 13.2. The molecule has 43 heavy (non-hydrogen) atoms. The first-order chi connectivity index (χ1) is 19.5. The minimum absolute atomic E-state index is 0. The van der Waals surface area contributed by atoms with Gasteiger partial charge in [-0.25, -0.2) is 4.79 Å².